The van der Waals surface area contributed by atoms with Gasteiger partial charge in [0.05, 0.1) is 18.1 Å². The van der Waals surface area contributed by atoms with Gasteiger partial charge in [0.15, 0.2) is 0 Å². The molecule has 1 aliphatic heterocycles. The second-order valence-corrected chi connectivity index (χ2v) is 7.45. The number of pyridine rings is 1. The second kappa shape index (κ2) is 9.09. The maximum atomic E-state index is 6.08. The molecule has 3 N–H and O–H groups in total. The standard InChI is InChI=1S/C24H24N6O/c1-2-7-20(8-3-1)31-24-9-5-4-6-18(24)11-13-30-16-23(26-17-30)21-14-19(10-12-25-21)22-15-27-29-28-22/h1-10,12,14,16-17,22,27-29H,11,13,15H2. The highest BCUT2D eigenvalue weighted by Gasteiger charge is 2.16. The molecular formula is C24H24N6O. The maximum absolute atomic E-state index is 6.08. The molecule has 2 aromatic heterocycles. The first-order chi connectivity index (χ1) is 15.3. The molecule has 1 saturated heterocycles. The monoisotopic (exact) mass is 412 g/mol. The van der Waals surface area contributed by atoms with Gasteiger partial charge in [-0.1, -0.05) is 36.4 Å². The number of hydrazine groups is 2. The van der Waals surface area contributed by atoms with E-state index in [0.29, 0.717) is 0 Å². The molecule has 1 atom stereocenters. The number of hydrogen-bond donors (Lipinski definition) is 3. The average molecular weight is 412 g/mol. The van der Waals surface area contributed by atoms with Crippen LogP contribution in [0.4, 0.5) is 0 Å². The average Bonchev–Trinajstić information content (AvgIpc) is 3.52. The molecule has 2 aromatic carbocycles. The third-order valence-corrected chi connectivity index (χ3v) is 5.31. The molecular weight excluding hydrogens is 388 g/mol. The Balaban J connectivity index is 1.28. The minimum atomic E-state index is 0.213. The van der Waals surface area contributed by atoms with Crippen LogP contribution in [0, 0.1) is 0 Å². The van der Waals surface area contributed by atoms with Crippen LogP contribution < -0.4 is 21.1 Å². The lowest BCUT2D eigenvalue weighted by molar-refractivity contribution is 0.474. The van der Waals surface area contributed by atoms with Gasteiger partial charge < -0.3 is 9.30 Å². The van der Waals surface area contributed by atoms with Gasteiger partial charge in [0, 0.05) is 25.5 Å². The third-order valence-electron chi connectivity index (χ3n) is 5.31. The second-order valence-electron chi connectivity index (χ2n) is 7.45. The quantitative estimate of drug-likeness (QED) is 0.430. The van der Waals surface area contributed by atoms with E-state index < -0.39 is 0 Å². The van der Waals surface area contributed by atoms with Gasteiger partial charge in [0.1, 0.15) is 17.2 Å². The summed E-state index contributed by atoms with van der Waals surface area (Å²) in [5, 5.41) is 0. The Bertz CT molecular complexity index is 1140. The van der Waals surface area contributed by atoms with Crippen LogP contribution in [0.1, 0.15) is 17.2 Å². The molecule has 0 bridgehead atoms. The molecule has 0 spiro atoms. The van der Waals surface area contributed by atoms with E-state index in [0.717, 1.165) is 48.0 Å². The van der Waals surface area contributed by atoms with Gasteiger partial charge in [-0.3, -0.25) is 4.98 Å². The fourth-order valence-electron chi connectivity index (χ4n) is 3.64. The smallest absolute Gasteiger partial charge is 0.130 e. The third kappa shape index (κ3) is 4.64. The van der Waals surface area contributed by atoms with Crippen LogP contribution in [0.25, 0.3) is 11.4 Å². The summed E-state index contributed by atoms with van der Waals surface area (Å²) in [5.41, 5.74) is 13.3. The lowest BCUT2D eigenvalue weighted by atomic mass is 10.1. The van der Waals surface area contributed by atoms with Crippen molar-refractivity contribution in [2.24, 2.45) is 0 Å². The van der Waals surface area contributed by atoms with Crippen LogP contribution in [0.5, 0.6) is 11.5 Å². The molecule has 1 unspecified atom stereocenters. The SMILES string of the molecule is c1ccc(Oc2ccccc2CCn2cnc(-c3cc(C4CNNN4)ccn3)c2)cc1. The number of para-hydroxylation sites is 2. The number of ether oxygens (including phenoxy) is 1. The zero-order chi connectivity index (χ0) is 20.9. The highest BCUT2D eigenvalue weighted by atomic mass is 16.5. The minimum absolute atomic E-state index is 0.213. The van der Waals surface area contributed by atoms with E-state index in [1.165, 1.54) is 5.56 Å². The van der Waals surface area contributed by atoms with Crippen LogP contribution in [0.2, 0.25) is 0 Å². The summed E-state index contributed by atoms with van der Waals surface area (Å²) in [5.74, 6) is 1.72. The van der Waals surface area contributed by atoms with Gasteiger partial charge in [0.25, 0.3) is 0 Å². The van der Waals surface area contributed by atoms with E-state index >= 15 is 0 Å². The lowest BCUT2D eigenvalue weighted by Gasteiger charge is -2.11. The van der Waals surface area contributed by atoms with Gasteiger partial charge in [-0.25, -0.2) is 15.8 Å². The molecule has 1 aliphatic rings. The Labute approximate surface area is 181 Å². The van der Waals surface area contributed by atoms with E-state index in [-0.39, 0.29) is 6.04 Å². The summed E-state index contributed by atoms with van der Waals surface area (Å²) in [6.45, 7) is 1.63. The van der Waals surface area contributed by atoms with E-state index in [1.54, 1.807) is 0 Å². The molecule has 3 heterocycles. The zero-order valence-corrected chi connectivity index (χ0v) is 17.0. The highest BCUT2D eigenvalue weighted by molar-refractivity contribution is 5.54. The molecule has 5 rings (SSSR count). The van der Waals surface area contributed by atoms with E-state index in [4.69, 9.17) is 4.74 Å². The fourth-order valence-corrected chi connectivity index (χ4v) is 3.64. The number of imidazole rings is 1. The summed E-state index contributed by atoms with van der Waals surface area (Å²) >= 11 is 0. The van der Waals surface area contributed by atoms with Gasteiger partial charge in [-0.2, -0.15) is 5.53 Å². The van der Waals surface area contributed by atoms with Gasteiger partial charge in [0.2, 0.25) is 0 Å². The summed E-state index contributed by atoms with van der Waals surface area (Å²) in [6.07, 6.45) is 6.59. The number of aromatic nitrogens is 3. The topological polar surface area (TPSA) is 76.0 Å². The van der Waals surface area contributed by atoms with E-state index in [9.17, 15) is 0 Å². The van der Waals surface area contributed by atoms with Gasteiger partial charge in [-0.05, 0) is 47.9 Å². The predicted octanol–water partition coefficient (Wildman–Crippen LogP) is 3.63. The number of nitrogens with one attached hydrogen (secondary N) is 3. The number of hydrogen-bond acceptors (Lipinski definition) is 6. The zero-order valence-electron chi connectivity index (χ0n) is 17.0. The molecule has 7 nitrogen and oxygen atoms in total. The Morgan fingerprint density at radius 2 is 1.84 bits per heavy atom. The number of benzene rings is 2. The number of aryl methyl sites for hydroxylation is 2. The van der Waals surface area contributed by atoms with E-state index in [1.807, 2.05) is 73.3 Å². The number of rotatable bonds is 7. The van der Waals surface area contributed by atoms with Crippen molar-refractivity contribution in [2.75, 3.05) is 6.54 Å². The maximum Gasteiger partial charge on any atom is 0.130 e. The van der Waals surface area contributed by atoms with Crippen molar-refractivity contribution in [2.45, 2.75) is 19.0 Å². The summed E-state index contributed by atoms with van der Waals surface area (Å²) < 4.78 is 8.18. The minimum Gasteiger partial charge on any atom is -0.457 e. The Morgan fingerprint density at radius 3 is 2.71 bits per heavy atom. The molecule has 7 heteroatoms. The first kappa shape index (κ1) is 19.4. The summed E-state index contributed by atoms with van der Waals surface area (Å²) in [6, 6.07) is 22.4. The van der Waals surface area contributed by atoms with Crippen molar-refractivity contribution in [3.8, 4) is 22.9 Å². The molecule has 156 valence electrons. The van der Waals surface area contributed by atoms with Crippen molar-refractivity contribution in [3.63, 3.8) is 0 Å². The van der Waals surface area contributed by atoms with Crippen molar-refractivity contribution >= 4 is 0 Å². The lowest BCUT2D eigenvalue weighted by Crippen LogP contribution is -2.30. The van der Waals surface area contributed by atoms with Crippen molar-refractivity contribution < 1.29 is 4.74 Å². The van der Waals surface area contributed by atoms with Crippen LogP contribution in [-0.4, -0.2) is 21.1 Å². The first-order valence-electron chi connectivity index (χ1n) is 10.4. The van der Waals surface area contributed by atoms with Gasteiger partial charge >= 0.3 is 0 Å². The van der Waals surface area contributed by atoms with Crippen LogP contribution >= 0.6 is 0 Å². The molecule has 31 heavy (non-hydrogen) atoms. The molecule has 0 aliphatic carbocycles. The first-order valence-corrected chi connectivity index (χ1v) is 10.4. The molecule has 4 aromatic rings. The van der Waals surface area contributed by atoms with Crippen molar-refractivity contribution in [1.82, 2.24) is 30.9 Å². The summed E-state index contributed by atoms with van der Waals surface area (Å²) in [4.78, 5) is 9.08. The summed E-state index contributed by atoms with van der Waals surface area (Å²) in [7, 11) is 0. The normalized spacial score (nSPS) is 15.8. The van der Waals surface area contributed by atoms with Crippen LogP contribution in [-0.2, 0) is 13.0 Å². The molecule has 0 radical (unpaired) electrons. The van der Waals surface area contributed by atoms with Crippen LogP contribution in [0.15, 0.2) is 85.5 Å². The van der Waals surface area contributed by atoms with Crippen molar-refractivity contribution in [3.05, 3.63) is 96.6 Å². The predicted molar refractivity (Wildman–Crippen MR) is 119 cm³/mol. The Morgan fingerprint density at radius 1 is 0.968 bits per heavy atom. The number of nitrogens with zero attached hydrogens (tertiary/aromatic N) is 3. The molecule has 0 amide bonds. The molecule has 1 fully saturated rings. The Kier molecular flexibility index (Phi) is 5.70. The van der Waals surface area contributed by atoms with E-state index in [2.05, 4.69) is 43.1 Å². The Hall–Kier alpha value is -3.52. The van der Waals surface area contributed by atoms with Gasteiger partial charge in [-0.15, -0.1) is 0 Å². The largest absolute Gasteiger partial charge is 0.457 e. The fraction of sp³-hybridized carbons (Fsp3) is 0.167. The highest BCUT2D eigenvalue weighted by Crippen LogP contribution is 2.26. The molecule has 0 saturated carbocycles. The van der Waals surface area contributed by atoms with Crippen molar-refractivity contribution in [1.29, 1.82) is 0 Å². The van der Waals surface area contributed by atoms with Crippen LogP contribution in [0.3, 0.4) is 0 Å².